The molecule has 0 spiro atoms. The summed E-state index contributed by atoms with van der Waals surface area (Å²) in [5.41, 5.74) is 0. The Bertz CT molecular complexity index is 213. The summed E-state index contributed by atoms with van der Waals surface area (Å²) in [6, 6.07) is 0.711. The predicted molar refractivity (Wildman–Crippen MR) is 72.0 cm³/mol. The van der Waals surface area contributed by atoms with E-state index in [-0.39, 0.29) is 0 Å². The first-order valence-electron chi connectivity index (χ1n) is 7.21. The summed E-state index contributed by atoms with van der Waals surface area (Å²) in [6.07, 6.45) is 3.93. The van der Waals surface area contributed by atoms with Crippen molar-refractivity contribution in [2.75, 3.05) is 52.9 Å². The van der Waals surface area contributed by atoms with E-state index >= 15 is 0 Å². The fourth-order valence-corrected chi connectivity index (χ4v) is 2.81. The van der Waals surface area contributed by atoms with Gasteiger partial charge in [-0.05, 0) is 32.9 Å². The van der Waals surface area contributed by atoms with Crippen molar-refractivity contribution in [3.63, 3.8) is 0 Å². The third kappa shape index (κ3) is 3.91. The van der Waals surface area contributed by atoms with Crippen molar-refractivity contribution in [3.05, 3.63) is 0 Å². The van der Waals surface area contributed by atoms with Gasteiger partial charge in [-0.2, -0.15) is 0 Å². The van der Waals surface area contributed by atoms with Gasteiger partial charge < -0.3 is 10.2 Å². The first kappa shape index (κ1) is 13.3. The quantitative estimate of drug-likeness (QED) is 0.777. The molecule has 2 heterocycles. The average molecular weight is 240 g/mol. The largest absolute Gasteiger partial charge is 0.313 e. The standard InChI is InChI=1S/C13H28N4/c1-3-6-14-13-5-4-7-17(12-13)16-10-8-15(2)9-11-16/h13-14H,3-12H2,1-2H3. The fraction of sp³-hybridized carbons (Fsp3) is 1.00. The number of hydrazine groups is 1. The third-order valence-electron chi connectivity index (χ3n) is 3.96. The zero-order valence-electron chi connectivity index (χ0n) is 11.5. The molecule has 0 amide bonds. The molecular weight excluding hydrogens is 212 g/mol. The highest BCUT2D eigenvalue weighted by atomic mass is 15.6. The van der Waals surface area contributed by atoms with E-state index in [4.69, 9.17) is 0 Å². The Balaban J connectivity index is 1.76. The lowest BCUT2D eigenvalue weighted by Crippen LogP contribution is -2.57. The molecule has 0 aliphatic carbocycles. The number of hydrogen-bond acceptors (Lipinski definition) is 4. The highest BCUT2D eigenvalue weighted by Gasteiger charge is 2.25. The minimum atomic E-state index is 0.711. The molecule has 1 unspecified atom stereocenters. The Hall–Kier alpha value is -0.160. The van der Waals surface area contributed by atoms with Crippen molar-refractivity contribution in [3.8, 4) is 0 Å². The second-order valence-electron chi connectivity index (χ2n) is 5.46. The van der Waals surface area contributed by atoms with E-state index in [1.807, 2.05) is 0 Å². The lowest BCUT2D eigenvalue weighted by atomic mass is 10.1. The van der Waals surface area contributed by atoms with Gasteiger partial charge in [0.05, 0.1) is 0 Å². The van der Waals surface area contributed by atoms with Crippen LogP contribution in [0.15, 0.2) is 0 Å². The van der Waals surface area contributed by atoms with E-state index in [1.165, 1.54) is 65.1 Å². The van der Waals surface area contributed by atoms with Crippen LogP contribution in [0.1, 0.15) is 26.2 Å². The lowest BCUT2D eigenvalue weighted by molar-refractivity contribution is -0.0714. The molecule has 100 valence electrons. The first-order chi connectivity index (χ1) is 8.29. The monoisotopic (exact) mass is 240 g/mol. The second kappa shape index (κ2) is 6.69. The van der Waals surface area contributed by atoms with Gasteiger partial charge in [-0.3, -0.25) is 0 Å². The van der Waals surface area contributed by atoms with E-state index in [9.17, 15) is 0 Å². The van der Waals surface area contributed by atoms with Crippen LogP contribution in [0.3, 0.4) is 0 Å². The van der Waals surface area contributed by atoms with Crippen molar-refractivity contribution < 1.29 is 0 Å². The molecule has 0 bridgehead atoms. The zero-order chi connectivity index (χ0) is 12.1. The van der Waals surface area contributed by atoms with Crippen LogP contribution in [0.5, 0.6) is 0 Å². The van der Waals surface area contributed by atoms with Crippen molar-refractivity contribution in [2.24, 2.45) is 0 Å². The maximum absolute atomic E-state index is 3.67. The molecule has 2 rings (SSSR count). The molecule has 2 fully saturated rings. The van der Waals surface area contributed by atoms with Crippen LogP contribution in [-0.4, -0.2) is 73.8 Å². The molecular formula is C13H28N4. The number of nitrogens with one attached hydrogen (secondary N) is 1. The van der Waals surface area contributed by atoms with Crippen LogP contribution >= 0.6 is 0 Å². The predicted octanol–water partition coefficient (Wildman–Crippen LogP) is 0.613. The maximum Gasteiger partial charge on any atom is 0.0287 e. The molecule has 4 heteroatoms. The summed E-state index contributed by atoms with van der Waals surface area (Å²) in [7, 11) is 2.22. The molecule has 4 nitrogen and oxygen atoms in total. The summed E-state index contributed by atoms with van der Waals surface area (Å²) < 4.78 is 0. The summed E-state index contributed by atoms with van der Waals surface area (Å²) in [4.78, 5) is 2.42. The van der Waals surface area contributed by atoms with Crippen molar-refractivity contribution in [1.82, 2.24) is 20.2 Å². The number of hydrogen-bond donors (Lipinski definition) is 1. The van der Waals surface area contributed by atoms with Gasteiger partial charge >= 0.3 is 0 Å². The smallest absolute Gasteiger partial charge is 0.0287 e. The summed E-state index contributed by atoms with van der Waals surface area (Å²) >= 11 is 0. The minimum Gasteiger partial charge on any atom is -0.313 e. The summed E-state index contributed by atoms with van der Waals surface area (Å²) in [5, 5.41) is 8.83. The topological polar surface area (TPSA) is 21.8 Å². The highest BCUT2D eigenvalue weighted by molar-refractivity contribution is 4.79. The summed E-state index contributed by atoms with van der Waals surface area (Å²) in [5.74, 6) is 0. The van der Waals surface area contributed by atoms with Gasteiger partial charge in [0.1, 0.15) is 0 Å². The molecule has 0 aromatic carbocycles. The molecule has 0 radical (unpaired) electrons. The molecule has 0 aromatic heterocycles. The molecule has 1 N–H and O–H groups in total. The van der Waals surface area contributed by atoms with Gasteiger partial charge in [0, 0.05) is 45.3 Å². The van der Waals surface area contributed by atoms with Gasteiger partial charge in [0.15, 0.2) is 0 Å². The van der Waals surface area contributed by atoms with E-state index in [2.05, 4.69) is 34.2 Å². The molecule has 2 aliphatic heterocycles. The zero-order valence-corrected chi connectivity index (χ0v) is 11.5. The van der Waals surface area contributed by atoms with Gasteiger partial charge in [-0.15, -0.1) is 0 Å². The van der Waals surface area contributed by atoms with Gasteiger partial charge in [0.25, 0.3) is 0 Å². The molecule has 2 saturated heterocycles. The molecule has 0 aromatic rings. The number of piperidine rings is 1. The van der Waals surface area contributed by atoms with Gasteiger partial charge in [0.2, 0.25) is 0 Å². The number of piperazine rings is 1. The first-order valence-corrected chi connectivity index (χ1v) is 7.21. The lowest BCUT2D eigenvalue weighted by Gasteiger charge is -2.44. The number of rotatable bonds is 4. The number of likely N-dealkylation sites (N-methyl/N-ethyl adjacent to an activating group) is 1. The molecule has 2 aliphatic rings. The fourth-order valence-electron chi connectivity index (χ4n) is 2.81. The molecule has 17 heavy (non-hydrogen) atoms. The van der Waals surface area contributed by atoms with E-state index in [0.717, 1.165) is 0 Å². The van der Waals surface area contributed by atoms with E-state index < -0.39 is 0 Å². The average Bonchev–Trinajstić information content (AvgIpc) is 2.37. The van der Waals surface area contributed by atoms with Gasteiger partial charge in [-0.1, -0.05) is 6.92 Å². The van der Waals surface area contributed by atoms with Crippen molar-refractivity contribution in [2.45, 2.75) is 32.2 Å². The van der Waals surface area contributed by atoms with Crippen LogP contribution in [0.25, 0.3) is 0 Å². The highest BCUT2D eigenvalue weighted by Crippen LogP contribution is 2.14. The van der Waals surface area contributed by atoms with Gasteiger partial charge in [-0.25, -0.2) is 10.0 Å². The SMILES string of the molecule is CCCNC1CCCN(N2CCN(C)CC2)C1. The normalized spacial score (nSPS) is 29.6. The minimum absolute atomic E-state index is 0.711. The molecule has 1 atom stereocenters. The Morgan fingerprint density at radius 2 is 1.82 bits per heavy atom. The van der Waals surface area contributed by atoms with Crippen molar-refractivity contribution in [1.29, 1.82) is 0 Å². The van der Waals surface area contributed by atoms with Crippen molar-refractivity contribution >= 4 is 0 Å². The van der Waals surface area contributed by atoms with Crippen LogP contribution < -0.4 is 5.32 Å². The Morgan fingerprint density at radius 3 is 2.53 bits per heavy atom. The van der Waals surface area contributed by atoms with E-state index in [1.54, 1.807) is 0 Å². The van der Waals surface area contributed by atoms with E-state index in [0.29, 0.717) is 6.04 Å². The van der Waals surface area contributed by atoms with Crippen LogP contribution in [0, 0.1) is 0 Å². The Labute approximate surface area is 106 Å². The van der Waals surface area contributed by atoms with Crippen LogP contribution in [0.4, 0.5) is 0 Å². The van der Waals surface area contributed by atoms with Crippen LogP contribution in [0.2, 0.25) is 0 Å². The maximum atomic E-state index is 3.67. The molecule has 0 saturated carbocycles. The summed E-state index contributed by atoms with van der Waals surface area (Å²) in [6.45, 7) is 10.7. The Kier molecular flexibility index (Phi) is 5.22. The third-order valence-corrected chi connectivity index (χ3v) is 3.96. The van der Waals surface area contributed by atoms with Crippen LogP contribution in [-0.2, 0) is 0 Å². The second-order valence-corrected chi connectivity index (χ2v) is 5.46. The Morgan fingerprint density at radius 1 is 1.06 bits per heavy atom. The number of nitrogens with zero attached hydrogens (tertiary/aromatic N) is 3.